The Balaban J connectivity index is 1.88. The predicted molar refractivity (Wildman–Crippen MR) is 124 cm³/mol. The molecule has 3 aromatic rings. The van der Waals surface area contributed by atoms with Gasteiger partial charge in [0.15, 0.2) is 5.13 Å². The molecule has 7 nitrogen and oxygen atoms in total. The van der Waals surface area contributed by atoms with Crippen LogP contribution in [0.4, 0.5) is 10.8 Å². The first kappa shape index (κ1) is 21.9. The Bertz CT molecular complexity index is 1090. The number of nitro benzene ring substituents is 1. The van der Waals surface area contributed by atoms with Gasteiger partial charge in [0.2, 0.25) is 0 Å². The number of amides is 1. The zero-order chi connectivity index (χ0) is 21.7. The minimum atomic E-state index is -0.452. The number of hydrogen-bond donors (Lipinski definition) is 0. The van der Waals surface area contributed by atoms with E-state index in [2.05, 4.69) is 11.1 Å². The molecule has 9 heteroatoms. The number of carbonyl (C=O) groups is 1. The lowest BCUT2D eigenvalue weighted by molar-refractivity contribution is -0.384. The number of aromatic nitrogens is 1. The lowest BCUT2D eigenvalue weighted by Crippen LogP contribution is -2.35. The summed E-state index contributed by atoms with van der Waals surface area (Å²) >= 11 is 3.15. The number of nitro groups is 1. The highest BCUT2D eigenvalue weighted by Gasteiger charge is 2.18. The van der Waals surface area contributed by atoms with Gasteiger partial charge >= 0.3 is 0 Å². The van der Waals surface area contributed by atoms with Crippen LogP contribution < -0.4 is 4.90 Å². The molecule has 2 aromatic carbocycles. The van der Waals surface area contributed by atoms with Crippen LogP contribution in [0.2, 0.25) is 0 Å². The predicted octanol–water partition coefficient (Wildman–Crippen LogP) is 4.53. The molecule has 0 aliphatic heterocycles. The molecule has 1 amide bonds. The molecule has 0 spiro atoms. The third-order valence-electron chi connectivity index (χ3n) is 4.35. The van der Waals surface area contributed by atoms with Crippen molar-refractivity contribution in [3.05, 3.63) is 64.2 Å². The summed E-state index contributed by atoms with van der Waals surface area (Å²) in [6.07, 6.45) is 5.06. The number of non-ortho nitro benzene ring substituents is 1. The molecule has 0 atom stereocenters. The molecule has 1 heterocycles. The Morgan fingerprint density at radius 3 is 2.73 bits per heavy atom. The number of rotatable bonds is 8. The quantitative estimate of drug-likeness (QED) is 0.221. The Labute approximate surface area is 183 Å². The zero-order valence-corrected chi connectivity index (χ0v) is 18.6. The van der Waals surface area contributed by atoms with Crippen molar-refractivity contribution in [1.29, 1.82) is 0 Å². The van der Waals surface area contributed by atoms with Gasteiger partial charge in [-0.1, -0.05) is 23.5 Å². The van der Waals surface area contributed by atoms with Crippen molar-refractivity contribution < 1.29 is 9.72 Å². The minimum absolute atomic E-state index is 0.00941. The van der Waals surface area contributed by atoms with Crippen molar-refractivity contribution in [3.8, 4) is 0 Å². The summed E-state index contributed by atoms with van der Waals surface area (Å²) in [6.45, 7) is 1.17. The number of benzene rings is 2. The van der Waals surface area contributed by atoms with E-state index in [9.17, 15) is 14.9 Å². The summed E-state index contributed by atoms with van der Waals surface area (Å²) in [6, 6.07) is 12.3. The largest absolute Gasteiger partial charge is 0.308 e. The van der Waals surface area contributed by atoms with Gasteiger partial charge in [0.25, 0.3) is 11.6 Å². The molecule has 0 N–H and O–H groups in total. The van der Waals surface area contributed by atoms with E-state index in [1.54, 1.807) is 34.9 Å². The maximum absolute atomic E-state index is 13.0. The van der Waals surface area contributed by atoms with Gasteiger partial charge in [0.05, 0.1) is 15.1 Å². The van der Waals surface area contributed by atoms with Gasteiger partial charge < -0.3 is 4.90 Å². The number of carbonyl (C=O) groups excluding carboxylic acids is 1. The van der Waals surface area contributed by atoms with Crippen LogP contribution in [-0.4, -0.2) is 54.2 Å². The fourth-order valence-corrected chi connectivity index (χ4v) is 4.29. The first-order chi connectivity index (χ1) is 14.4. The van der Waals surface area contributed by atoms with E-state index >= 15 is 0 Å². The van der Waals surface area contributed by atoms with Gasteiger partial charge in [0.1, 0.15) is 0 Å². The van der Waals surface area contributed by atoms with Gasteiger partial charge in [-0.25, -0.2) is 4.98 Å². The van der Waals surface area contributed by atoms with Crippen LogP contribution in [0.5, 0.6) is 0 Å². The van der Waals surface area contributed by atoms with Crippen molar-refractivity contribution in [2.45, 2.75) is 4.90 Å². The van der Waals surface area contributed by atoms with Gasteiger partial charge in [-0.2, -0.15) is 0 Å². The van der Waals surface area contributed by atoms with E-state index < -0.39 is 4.92 Å². The zero-order valence-electron chi connectivity index (χ0n) is 16.9. The van der Waals surface area contributed by atoms with Crippen LogP contribution in [0, 0.1) is 10.1 Å². The number of hydrogen-bond acceptors (Lipinski definition) is 7. The highest BCUT2D eigenvalue weighted by atomic mass is 32.2. The molecule has 0 bridgehead atoms. The molecule has 0 saturated heterocycles. The lowest BCUT2D eigenvalue weighted by Gasteiger charge is -2.20. The second-order valence-corrected chi connectivity index (χ2v) is 8.70. The van der Waals surface area contributed by atoms with E-state index in [1.165, 1.54) is 29.5 Å². The maximum Gasteiger partial charge on any atom is 0.270 e. The first-order valence-electron chi connectivity index (χ1n) is 9.20. The van der Waals surface area contributed by atoms with E-state index in [1.807, 2.05) is 37.4 Å². The van der Waals surface area contributed by atoms with Gasteiger partial charge in [-0.15, -0.1) is 11.8 Å². The minimum Gasteiger partial charge on any atom is -0.308 e. The average Bonchev–Trinajstić information content (AvgIpc) is 3.15. The third-order valence-corrected chi connectivity index (χ3v) is 6.12. The normalized spacial score (nSPS) is 11.5. The standard InChI is InChI=1S/C21H22N4O3S2/c1-23(2)11-12-24(21-22-18-9-8-17(29-3)14-19(18)30-21)20(26)10-7-15-5-4-6-16(13-15)25(27)28/h4-10,13-14H,11-12H2,1-3H3. The fourth-order valence-electron chi connectivity index (χ4n) is 2.73. The fraction of sp³-hybridized carbons (Fsp3) is 0.238. The van der Waals surface area contributed by atoms with Crippen molar-refractivity contribution in [1.82, 2.24) is 9.88 Å². The monoisotopic (exact) mass is 442 g/mol. The number of thioether (sulfide) groups is 1. The van der Waals surface area contributed by atoms with Crippen molar-refractivity contribution in [3.63, 3.8) is 0 Å². The molecule has 0 aliphatic rings. The highest BCUT2D eigenvalue weighted by Crippen LogP contribution is 2.31. The second kappa shape index (κ2) is 9.84. The van der Waals surface area contributed by atoms with E-state index in [0.717, 1.165) is 15.1 Å². The number of fused-ring (bicyclic) bond motifs is 1. The molecule has 0 saturated carbocycles. The molecule has 0 aliphatic carbocycles. The van der Waals surface area contributed by atoms with Gasteiger partial charge in [0, 0.05) is 36.2 Å². The van der Waals surface area contributed by atoms with E-state index in [-0.39, 0.29) is 11.6 Å². The molecule has 0 radical (unpaired) electrons. The molecule has 3 rings (SSSR count). The van der Waals surface area contributed by atoms with Gasteiger partial charge in [-0.05, 0) is 50.2 Å². The summed E-state index contributed by atoms with van der Waals surface area (Å²) in [5.74, 6) is -0.215. The van der Waals surface area contributed by atoms with Crippen LogP contribution in [0.1, 0.15) is 5.56 Å². The number of anilines is 1. The Morgan fingerprint density at radius 1 is 1.23 bits per heavy atom. The van der Waals surface area contributed by atoms with Crippen molar-refractivity contribution >= 4 is 56.1 Å². The second-order valence-electron chi connectivity index (χ2n) is 6.81. The maximum atomic E-state index is 13.0. The number of likely N-dealkylation sites (N-methyl/N-ethyl adjacent to an activating group) is 1. The summed E-state index contributed by atoms with van der Waals surface area (Å²) in [5.41, 5.74) is 1.45. The van der Waals surface area contributed by atoms with E-state index in [0.29, 0.717) is 23.8 Å². The molecule has 156 valence electrons. The van der Waals surface area contributed by atoms with E-state index in [4.69, 9.17) is 0 Å². The van der Waals surface area contributed by atoms with Crippen LogP contribution in [0.15, 0.2) is 53.4 Å². The first-order valence-corrected chi connectivity index (χ1v) is 11.2. The van der Waals surface area contributed by atoms with Crippen LogP contribution >= 0.6 is 23.1 Å². The third kappa shape index (κ3) is 5.44. The Kier molecular flexibility index (Phi) is 7.20. The molecular formula is C21H22N4O3S2. The van der Waals surface area contributed by atoms with Crippen molar-refractivity contribution in [2.75, 3.05) is 38.3 Å². The molecule has 0 fully saturated rings. The molecular weight excluding hydrogens is 420 g/mol. The SMILES string of the molecule is CSc1ccc2nc(N(CCN(C)C)C(=O)C=Cc3cccc([N+](=O)[O-])c3)sc2c1. The molecule has 1 aromatic heterocycles. The van der Waals surface area contributed by atoms with Crippen LogP contribution in [0.25, 0.3) is 16.3 Å². The van der Waals surface area contributed by atoms with Gasteiger partial charge in [-0.3, -0.25) is 19.8 Å². The highest BCUT2D eigenvalue weighted by molar-refractivity contribution is 7.98. The smallest absolute Gasteiger partial charge is 0.270 e. The number of nitrogens with zero attached hydrogens (tertiary/aromatic N) is 4. The van der Waals surface area contributed by atoms with Crippen LogP contribution in [0.3, 0.4) is 0 Å². The topological polar surface area (TPSA) is 79.6 Å². The average molecular weight is 443 g/mol. The number of thiazole rings is 1. The molecule has 0 unspecified atom stereocenters. The Hall–Kier alpha value is -2.75. The summed E-state index contributed by atoms with van der Waals surface area (Å²) in [4.78, 5) is 33.0. The Morgan fingerprint density at radius 2 is 2.03 bits per heavy atom. The lowest BCUT2D eigenvalue weighted by atomic mass is 10.2. The van der Waals surface area contributed by atoms with Crippen LogP contribution in [-0.2, 0) is 4.79 Å². The summed E-state index contributed by atoms with van der Waals surface area (Å²) < 4.78 is 1.03. The summed E-state index contributed by atoms with van der Waals surface area (Å²) in [7, 11) is 3.90. The van der Waals surface area contributed by atoms with Crippen molar-refractivity contribution in [2.24, 2.45) is 0 Å². The summed E-state index contributed by atoms with van der Waals surface area (Å²) in [5, 5.41) is 11.6. The molecule has 30 heavy (non-hydrogen) atoms.